The topological polar surface area (TPSA) is 192 Å². The number of hydrogen-bond acceptors (Lipinski definition) is 11. The van der Waals surface area contributed by atoms with Gasteiger partial charge in [0.05, 0.1) is 25.4 Å². The van der Waals surface area contributed by atoms with Gasteiger partial charge >= 0.3 is 19.8 Å². The standard InChI is InChI=1S/C47H74NO11P/c1-3-5-7-8-9-10-11-12-13-14-15-16-17-18-19-20-21-22-28-32-47(53)59-41(39-58-60(54,55)57-36-35-48)38-56-46(52)31-27-24-23-26-30-42-43(45(51)37-44(42)50)34-33-40(49)29-25-6-4-2/h5,7,9-10,12-13,15-16,18-19,21-23,26,33-34,40-44,49-50H,3-4,6,8,11,14,17,20,24-25,27-32,35-39,48H2,1-2H3,(H,54,55)/b7-5-,10-9-,13-12-,16-15-,19-18-,22-21-,26-23-,34-33+/t40-,41+,42+,43+,44-/m0/s1. The highest BCUT2D eigenvalue weighted by Gasteiger charge is 2.39. The first-order valence-electron chi connectivity index (χ1n) is 21.8. The minimum Gasteiger partial charge on any atom is -0.462 e. The van der Waals surface area contributed by atoms with E-state index in [9.17, 15) is 34.1 Å². The number of esters is 2. The number of ketones is 1. The zero-order valence-corrected chi connectivity index (χ0v) is 37.0. The maximum Gasteiger partial charge on any atom is 0.472 e. The lowest BCUT2D eigenvalue weighted by Crippen LogP contribution is -2.29. The Labute approximate surface area is 359 Å². The van der Waals surface area contributed by atoms with Crippen LogP contribution in [0, 0.1) is 11.8 Å². The van der Waals surface area contributed by atoms with Gasteiger partial charge in [0, 0.05) is 37.6 Å². The largest absolute Gasteiger partial charge is 0.472 e. The Morgan fingerprint density at radius 2 is 1.38 bits per heavy atom. The van der Waals surface area contributed by atoms with E-state index in [0.717, 1.165) is 51.4 Å². The maximum atomic E-state index is 12.6. The van der Waals surface area contributed by atoms with E-state index in [1.54, 1.807) is 12.2 Å². The van der Waals surface area contributed by atoms with E-state index in [1.165, 1.54) is 0 Å². The summed E-state index contributed by atoms with van der Waals surface area (Å²) in [5.74, 6) is -1.90. The fraction of sp³-hybridized carbons (Fsp3) is 0.596. The lowest BCUT2D eigenvalue weighted by molar-refractivity contribution is -0.161. The Hall–Kier alpha value is -3.48. The molecule has 1 aliphatic rings. The molecule has 0 aromatic carbocycles. The molecule has 0 heterocycles. The number of ether oxygens (including phenoxy) is 2. The molecule has 0 aromatic heterocycles. The molecule has 0 bridgehead atoms. The van der Waals surface area contributed by atoms with Gasteiger partial charge in [-0.3, -0.25) is 23.4 Å². The molecule has 1 aliphatic carbocycles. The Morgan fingerprint density at radius 3 is 1.98 bits per heavy atom. The van der Waals surface area contributed by atoms with Crippen molar-refractivity contribution in [1.82, 2.24) is 0 Å². The predicted molar refractivity (Wildman–Crippen MR) is 239 cm³/mol. The van der Waals surface area contributed by atoms with Crippen LogP contribution in [0.25, 0.3) is 0 Å². The number of allylic oxidation sites excluding steroid dienone is 15. The van der Waals surface area contributed by atoms with Crippen LogP contribution in [0.4, 0.5) is 0 Å². The van der Waals surface area contributed by atoms with Crippen LogP contribution in [0.15, 0.2) is 97.2 Å². The van der Waals surface area contributed by atoms with Crippen molar-refractivity contribution < 1.29 is 52.6 Å². The summed E-state index contributed by atoms with van der Waals surface area (Å²) in [4.78, 5) is 47.5. The van der Waals surface area contributed by atoms with Crippen LogP contribution in [0.5, 0.6) is 0 Å². The molecule has 13 heteroatoms. The lowest BCUT2D eigenvalue weighted by Gasteiger charge is -2.19. The van der Waals surface area contributed by atoms with Crippen LogP contribution in [-0.2, 0) is 37.5 Å². The zero-order valence-electron chi connectivity index (χ0n) is 36.1. The van der Waals surface area contributed by atoms with Crippen molar-refractivity contribution in [3.8, 4) is 0 Å². The van der Waals surface area contributed by atoms with Crippen molar-refractivity contribution in [3.63, 3.8) is 0 Å². The Balaban J connectivity index is 2.46. The van der Waals surface area contributed by atoms with Gasteiger partial charge in [-0.15, -0.1) is 0 Å². The van der Waals surface area contributed by atoms with Gasteiger partial charge in [-0.1, -0.05) is 130 Å². The molecule has 1 rings (SSSR count). The molecule has 60 heavy (non-hydrogen) atoms. The van der Waals surface area contributed by atoms with Crippen LogP contribution in [0.1, 0.15) is 123 Å². The molecule has 5 N–H and O–H groups in total. The number of aliphatic hydroxyl groups is 2. The molecule has 0 spiro atoms. The molecule has 0 saturated heterocycles. The van der Waals surface area contributed by atoms with E-state index in [-0.39, 0.29) is 50.7 Å². The summed E-state index contributed by atoms with van der Waals surface area (Å²) in [7, 11) is -4.47. The number of aliphatic hydroxyl groups excluding tert-OH is 2. The van der Waals surface area contributed by atoms with E-state index < -0.39 is 50.6 Å². The third-order valence-electron chi connectivity index (χ3n) is 9.34. The van der Waals surface area contributed by atoms with E-state index in [2.05, 4.69) is 68.5 Å². The second kappa shape index (κ2) is 36.2. The van der Waals surface area contributed by atoms with Crippen molar-refractivity contribution in [1.29, 1.82) is 0 Å². The fourth-order valence-corrected chi connectivity index (χ4v) is 6.82. The molecule has 338 valence electrons. The Morgan fingerprint density at radius 1 is 0.783 bits per heavy atom. The normalized spacial score (nSPS) is 19.8. The molecule has 1 unspecified atom stereocenters. The van der Waals surface area contributed by atoms with Gasteiger partial charge in [0.2, 0.25) is 0 Å². The summed E-state index contributed by atoms with van der Waals surface area (Å²) in [6.45, 7) is 3.09. The first-order valence-corrected chi connectivity index (χ1v) is 23.3. The predicted octanol–water partition coefficient (Wildman–Crippen LogP) is 9.19. The highest BCUT2D eigenvalue weighted by atomic mass is 31.2. The number of phosphoric ester groups is 1. The maximum absolute atomic E-state index is 12.6. The molecule has 0 amide bonds. The molecule has 12 nitrogen and oxygen atoms in total. The van der Waals surface area contributed by atoms with Crippen LogP contribution < -0.4 is 5.73 Å². The van der Waals surface area contributed by atoms with E-state index in [1.807, 2.05) is 30.4 Å². The quantitative estimate of drug-likeness (QED) is 0.0205. The van der Waals surface area contributed by atoms with Crippen molar-refractivity contribution in [2.24, 2.45) is 17.6 Å². The second-order valence-corrected chi connectivity index (χ2v) is 16.1. The summed E-state index contributed by atoms with van der Waals surface area (Å²) < 4.78 is 32.6. The van der Waals surface area contributed by atoms with Gasteiger partial charge in [-0.05, 0) is 70.6 Å². The Bertz CT molecular complexity index is 1460. The van der Waals surface area contributed by atoms with Gasteiger partial charge in [0.1, 0.15) is 12.4 Å². The zero-order chi connectivity index (χ0) is 44.1. The van der Waals surface area contributed by atoms with Gasteiger partial charge in [0.25, 0.3) is 0 Å². The van der Waals surface area contributed by atoms with E-state index in [0.29, 0.717) is 38.5 Å². The van der Waals surface area contributed by atoms with Crippen LogP contribution in [-0.4, -0.2) is 77.5 Å². The van der Waals surface area contributed by atoms with Crippen LogP contribution >= 0.6 is 7.82 Å². The lowest BCUT2D eigenvalue weighted by atomic mass is 9.90. The molecular weight excluding hydrogens is 785 g/mol. The summed E-state index contributed by atoms with van der Waals surface area (Å²) in [6.07, 6.45) is 41.1. The fourth-order valence-electron chi connectivity index (χ4n) is 6.05. The summed E-state index contributed by atoms with van der Waals surface area (Å²) in [6, 6.07) is 0. The number of hydrogen-bond donors (Lipinski definition) is 4. The number of carbonyl (C=O) groups excluding carboxylic acids is 3. The highest BCUT2D eigenvalue weighted by molar-refractivity contribution is 7.47. The first kappa shape index (κ1) is 54.5. The number of carbonyl (C=O) groups is 3. The first-order chi connectivity index (χ1) is 29.0. The van der Waals surface area contributed by atoms with Gasteiger partial charge in [-0.2, -0.15) is 0 Å². The second-order valence-electron chi connectivity index (χ2n) is 14.6. The van der Waals surface area contributed by atoms with Gasteiger partial charge in [-0.25, -0.2) is 4.57 Å². The van der Waals surface area contributed by atoms with E-state index in [4.69, 9.17) is 24.3 Å². The molecule has 6 atom stereocenters. The highest BCUT2D eigenvalue weighted by Crippen LogP contribution is 2.43. The average molecular weight is 860 g/mol. The van der Waals surface area contributed by atoms with Crippen molar-refractivity contribution in [3.05, 3.63) is 97.2 Å². The monoisotopic (exact) mass is 859 g/mol. The van der Waals surface area contributed by atoms with E-state index >= 15 is 0 Å². The summed E-state index contributed by atoms with van der Waals surface area (Å²) >= 11 is 0. The van der Waals surface area contributed by atoms with Crippen molar-refractivity contribution in [2.45, 2.75) is 141 Å². The summed E-state index contributed by atoms with van der Waals surface area (Å²) in [5, 5.41) is 20.7. The molecule has 0 aliphatic heterocycles. The number of phosphoric acid groups is 1. The number of nitrogens with two attached hydrogens (primary N) is 1. The van der Waals surface area contributed by atoms with Gasteiger partial charge < -0.3 is 30.3 Å². The van der Waals surface area contributed by atoms with Gasteiger partial charge in [0.15, 0.2) is 6.10 Å². The molecule has 0 aromatic rings. The minimum atomic E-state index is -4.47. The minimum absolute atomic E-state index is 0.00193. The Kier molecular flexibility index (Phi) is 32.9. The van der Waals surface area contributed by atoms with Crippen molar-refractivity contribution in [2.75, 3.05) is 26.4 Å². The van der Waals surface area contributed by atoms with Crippen LogP contribution in [0.3, 0.4) is 0 Å². The third-order valence-corrected chi connectivity index (χ3v) is 10.3. The molecule has 0 radical (unpaired) electrons. The molecule has 1 saturated carbocycles. The summed E-state index contributed by atoms with van der Waals surface area (Å²) in [5.41, 5.74) is 5.33. The SMILES string of the molecule is CC/C=C\C/C=C\C/C=C\C/C=C\C/C=C\C/C=C\CCC(=O)O[C@H](COC(=O)CCC/C=C\C[C@H]1[C@@H](O)CC(=O)[C@@H]1/C=C/[C@@H](O)CCCCC)COP(=O)(O)OCCN. The molecular formula is C47H74NO11P. The number of unbranched alkanes of at least 4 members (excludes halogenated alkanes) is 3. The van der Waals surface area contributed by atoms with Crippen LogP contribution in [0.2, 0.25) is 0 Å². The van der Waals surface area contributed by atoms with Crippen molar-refractivity contribution >= 4 is 25.5 Å². The third kappa shape index (κ3) is 29.7. The number of Topliss-reactive ketones (excluding diaryl/α,β-unsaturated/α-hetero) is 1. The average Bonchev–Trinajstić information content (AvgIpc) is 3.49. The molecule has 1 fully saturated rings. The smallest absolute Gasteiger partial charge is 0.462 e. The number of rotatable bonds is 35.